The molecule has 1 saturated heterocycles. The average Bonchev–Trinajstić information content (AvgIpc) is 3.20. The van der Waals surface area contributed by atoms with Crippen molar-refractivity contribution in [1.29, 1.82) is 0 Å². The van der Waals surface area contributed by atoms with E-state index in [2.05, 4.69) is 43.9 Å². The number of anilines is 2. The molecule has 0 unspecified atom stereocenters. The van der Waals surface area contributed by atoms with Crippen LogP contribution in [0.25, 0.3) is 22.6 Å². The zero-order valence-electron chi connectivity index (χ0n) is 15.7. The number of likely N-dealkylation sites (N-methyl/N-ethyl adjacent to an activating group) is 1. The van der Waals surface area contributed by atoms with Crippen molar-refractivity contribution in [3.05, 3.63) is 48.3 Å². The Kier molecular flexibility index (Phi) is 4.70. The van der Waals surface area contributed by atoms with Crippen LogP contribution in [0, 0.1) is 0 Å². The Hall–Kier alpha value is -3.39. The first-order valence-electron chi connectivity index (χ1n) is 9.17. The molecule has 0 aliphatic carbocycles. The summed E-state index contributed by atoms with van der Waals surface area (Å²) in [4.78, 5) is 27.9. The predicted octanol–water partition coefficient (Wildman–Crippen LogP) is 1.57. The number of rotatable bonds is 4. The van der Waals surface area contributed by atoms with Crippen molar-refractivity contribution in [2.45, 2.75) is 0 Å². The number of hydrogen-bond donors (Lipinski definition) is 3. The van der Waals surface area contributed by atoms with Gasteiger partial charge in [-0.3, -0.25) is 4.79 Å². The summed E-state index contributed by atoms with van der Waals surface area (Å²) in [5.41, 5.74) is 15.6. The van der Waals surface area contributed by atoms with E-state index in [0.717, 1.165) is 31.7 Å². The number of nitrogens with two attached hydrogens (primary N) is 2. The summed E-state index contributed by atoms with van der Waals surface area (Å²) in [6, 6.07) is 11.6. The van der Waals surface area contributed by atoms with Crippen LogP contribution >= 0.6 is 0 Å². The second-order valence-electron chi connectivity index (χ2n) is 6.98. The number of nitrogens with zero attached hydrogens (tertiary/aromatic N) is 4. The highest BCUT2D eigenvalue weighted by Crippen LogP contribution is 2.27. The van der Waals surface area contributed by atoms with Gasteiger partial charge in [-0.2, -0.15) is 0 Å². The number of carbonyl (C=O) groups excluding carboxylic acids is 1. The second-order valence-corrected chi connectivity index (χ2v) is 6.98. The van der Waals surface area contributed by atoms with E-state index in [4.69, 9.17) is 11.5 Å². The fourth-order valence-electron chi connectivity index (χ4n) is 3.32. The van der Waals surface area contributed by atoms with Crippen molar-refractivity contribution in [3.8, 4) is 22.6 Å². The first-order valence-corrected chi connectivity index (χ1v) is 9.17. The third-order valence-corrected chi connectivity index (χ3v) is 5.04. The fourth-order valence-corrected chi connectivity index (χ4v) is 3.32. The number of nitrogens with one attached hydrogen (secondary N) is 1. The number of nitrogen functional groups attached to an aromatic ring is 1. The van der Waals surface area contributed by atoms with E-state index in [1.165, 1.54) is 5.69 Å². The number of aromatic amines is 1. The first kappa shape index (κ1) is 18.0. The van der Waals surface area contributed by atoms with Gasteiger partial charge in [-0.1, -0.05) is 12.1 Å². The lowest BCUT2D eigenvalue weighted by Gasteiger charge is -2.34. The largest absolute Gasteiger partial charge is 0.382 e. The summed E-state index contributed by atoms with van der Waals surface area (Å²) in [5.74, 6) is -0.246. The van der Waals surface area contributed by atoms with Gasteiger partial charge in [0.25, 0.3) is 5.91 Å². The Morgan fingerprint density at radius 3 is 2.43 bits per heavy atom. The highest BCUT2D eigenvalue weighted by atomic mass is 16.1. The van der Waals surface area contributed by atoms with Crippen molar-refractivity contribution in [3.63, 3.8) is 0 Å². The normalized spacial score (nSPS) is 15.0. The molecule has 1 aliphatic rings. The lowest BCUT2D eigenvalue weighted by Crippen LogP contribution is -2.44. The molecule has 2 aromatic heterocycles. The minimum Gasteiger partial charge on any atom is -0.382 e. The van der Waals surface area contributed by atoms with Crippen LogP contribution in [-0.4, -0.2) is 59.0 Å². The van der Waals surface area contributed by atoms with Gasteiger partial charge in [-0.05, 0) is 31.3 Å². The van der Waals surface area contributed by atoms with Gasteiger partial charge >= 0.3 is 0 Å². The van der Waals surface area contributed by atoms with Crippen LogP contribution in [0.3, 0.4) is 0 Å². The van der Waals surface area contributed by atoms with Crippen LogP contribution in [0.5, 0.6) is 0 Å². The highest BCUT2D eigenvalue weighted by molar-refractivity contribution is 5.92. The molecule has 5 N–H and O–H groups in total. The monoisotopic (exact) mass is 377 g/mol. The molecule has 28 heavy (non-hydrogen) atoms. The molecular formula is C20H23N7O. The molecule has 0 spiro atoms. The number of hydrogen-bond acceptors (Lipinski definition) is 6. The van der Waals surface area contributed by atoms with Crippen LogP contribution in [0.15, 0.2) is 42.6 Å². The maximum atomic E-state index is 11.3. The molecule has 8 nitrogen and oxygen atoms in total. The van der Waals surface area contributed by atoms with Gasteiger partial charge in [0.05, 0.1) is 17.6 Å². The van der Waals surface area contributed by atoms with E-state index in [1.54, 1.807) is 18.3 Å². The average molecular weight is 377 g/mol. The van der Waals surface area contributed by atoms with Crippen molar-refractivity contribution in [2.75, 3.05) is 43.9 Å². The van der Waals surface area contributed by atoms with Gasteiger partial charge in [-0.15, -0.1) is 0 Å². The Balaban J connectivity index is 1.60. The molecule has 1 aliphatic heterocycles. The van der Waals surface area contributed by atoms with Crippen LogP contribution in [-0.2, 0) is 0 Å². The van der Waals surface area contributed by atoms with E-state index in [-0.39, 0.29) is 5.82 Å². The molecule has 4 rings (SSSR count). The van der Waals surface area contributed by atoms with E-state index in [0.29, 0.717) is 22.8 Å². The molecule has 1 fully saturated rings. The Bertz CT molecular complexity index is 988. The number of primary amides is 1. The van der Waals surface area contributed by atoms with Gasteiger partial charge in [0, 0.05) is 37.4 Å². The Morgan fingerprint density at radius 1 is 1.07 bits per heavy atom. The molecule has 3 heterocycles. The SMILES string of the molecule is CN1CCN(c2ccc(-c3cnc(N)c(-c4ccc(C(N)=O)[nH]4)n3)cc2)CC1. The van der Waals surface area contributed by atoms with E-state index in [1.807, 2.05) is 12.1 Å². The summed E-state index contributed by atoms with van der Waals surface area (Å²) in [6.45, 7) is 4.18. The van der Waals surface area contributed by atoms with Crippen molar-refractivity contribution >= 4 is 17.4 Å². The standard InChI is InChI=1S/C20H23N7O/c1-26-8-10-27(11-9-26)14-4-2-13(3-5-14)17-12-23-19(21)18(25-17)15-6-7-16(24-15)20(22)28/h2-7,12,24H,8-11H2,1H3,(H2,21,23)(H2,22,28). The fraction of sp³-hybridized carbons (Fsp3) is 0.250. The zero-order chi connectivity index (χ0) is 19.7. The van der Waals surface area contributed by atoms with Crippen LogP contribution < -0.4 is 16.4 Å². The number of benzene rings is 1. The number of H-pyrrole nitrogens is 1. The minimum atomic E-state index is -0.534. The third kappa shape index (κ3) is 3.54. The molecule has 0 radical (unpaired) electrons. The minimum absolute atomic E-state index is 0.288. The smallest absolute Gasteiger partial charge is 0.265 e. The van der Waals surface area contributed by atoms with Crippen LogP contribution in [0.4, 0.5) is 11.5 Å². The first-order chi connectivity index (χ1) is 13.5. The van der Waals surface area contributed by atoms with Gasteiger partial charge in [0.15, 0.2) is 5.82 Å². The molecule has 1 amide bonds. The van der Waals surface area contributed by atoms with Crippen molar-refractivity contribution in [1.82, 2.24) is 19.9 Å². The molecule has 0 saturated carbocycles. The van der Waals surface area contributed by atoms with E-state index in [9.17, 15) is 4.79 Å². The highest BCUT2D eigenvalue weighted by Gasteiger charge is 2.15. The van der Waals surface area contributed by atoms with Gasteiger partial charge in [0.1, 0.15) is 11.4 Å². The number of piperazine rings is 1. The summed E-state index contributed by atoms with van der Waals surface area (Å²) in [6.07, 6.45) is 1.65. The van der Waals surface area contributed by atoms with E-state index < -0.39 is 5.91 Å². The van der Waals surface area contributed by atoms with E-state index >= 15 is 0 Å². The summed E-state index contributed by atoms with van der Waals surface area (Å²) in [7, 11) is 2.15. The predicted molar refractivity (Wildman–Crippen MR) is 110 cm³/mol. The number of carbonyl (C=O) groups is 1. The second kappa shape index (κ2) is 7.32. The van der Waals surface area contributed by atoms with Crippen molar-refractivity contribution < 1.29 is 4.79 Å². The van der Waals surface area contributed by atoms with Gasteiger partial charge in [0.2, 0.25) is 0 Å². The summed E-state index contributed by atoms with van der Waals surface area (Å²) < 4.78 is 0. The lowest BCUT2D eigenvalue weighted by atomic mass is 10.1. The molecule has 1 aromatic carbocycles. The Morgan fingerprint density at radius 2 is 1.79 bits per heavy atom. The maximum absolute atomic E-state index is 11.3. The summed E-state index contributed by atoms with van der Waals surface area (Å²) >= 11 is 0. The quantitative estimate of drug-likeness (QED) is 0.635. The molecule has 3 aromatic rings. The van der Waals surface area contributed by atoms with Crippen molar-refractivity contribution in [2.24, 2.45) is 5.73 Å². The maximum Gasteiger partial charge on any atom is 0.265 e. The molecule has 0 atom stereocenters. The third-order valence-electron chi connectivity index (χ3n) is 5.04. The molecule has 0 bridgehead atoms. The van der Waals surface area contributed by atoms with Gasteiger partial charge in [-0.25, -0.2) is 9.97 Å². The number of amides is 1. The topological polar surface area (TPSA) is 117 Å². The Labute approximate surface area is 163 Å². The molecular weight excluding hydrogens is 354 g/mol. The zero-order valence-corrected chi connectivity index (χ0v) is 15.7. The number of aromatic nitrogens is 3. The summed E-state index contributed by atoms with van der Waals surface area (Å²) in [5, 5.41) is 0. The van der Waals surface area contributed by atoms with Crippen LogP contribution in [0.1, 0.15) is 10.5 Å². The molecule has 8 heteroatoms. The van der Waals surface area contributed by atoms with Crippen LogP contribution in [0.2, 0.25) is 0 Å². The molecule has 144 valence electrons. The van der Waals surface area contributed by atoms with Gasteiger partial charge < -0.3 is 26.3 Å². The lowest BCUT2D eigenvalue weighted by molar-refractivity contribution is 0.0996.